The number of nitrogens with zero attached hydrogens (tertiary/aromatic N) is 3. The molecule has 0 N–H and O–H groups in total. The number of thiophene rings is 2. The van der Waals surface area contributed by atoms with E-state index in [9.17, 15) is 0 Å². The van der Waals surface area contributed by atoms with Crippen LogP contribution in [-0.4, -0.2) is 13.7 Å². The van der Waals surface area contributed by atoms with Gasteiger partial charge in [0.15, 0.2) is 7.14 Å². The molecule has 0 fully saturated rings. The van der Waals surface area contributed by atoms with E-state index in [1.54, 1.807) is 0 Å². The summed E-state index contributed by atoms with van der Waals surface area (Å²) in [6.07, 6.45) is 0. The molecule has 3 spiro atoms. The molecule has 6 aliphatic heterocycles. The van der Waals surface area contributed by atoms with Crippen molar-refractivity contribution >= 4 is 185 Å². The van der Waals surface area contributed by atoms with Crippen LogP contribution in [0, 0.1) is 0 Å². The lowest BCUT2D eigenvalue weighted by molar-refractivity contribution is 0.434. The Hall–Kier alpha value is -17.1. The minimum absolute atomic E-state index is 0.445. The Morgan fingerprint density at radius 2 is 0.607 bits per heavy atom. The van der Waals surface area contributed by atoms with Crippen molar-refractivity contribution < 1.29 is 13.7 Å². The normalized spacial score (nSPS) is 17.0. The molecule has 4 unspecified atom stereocenters. The highest BCUT2D eigenvalue weighted by Crippen LogP contribution is 2.66. The molecule has 0 aliphatic carbocycles. The van der Waals surface area contributed by atoms with Gasteiger partial charge in [-0.3, -0.25) is 0 Å². The van der Waals surface area contributed by atoms with E-state index < -0.39 is 23.4 Å². The van der Waals surface area contributed by atoms with Gasteiger partial charge < -0.3 is 27.4 Å². The number of ether oxygens (including phenoxy) is 1. The second kappa shape index (κ2) is 30.5. The molecular weight excluding hydrogens is 1840 g/mol. The van der Waals surface area contributed by atoms with E-state index in [2.05, 4.69) is 457 Å². The van der Waals surface area contributed by atoms with Crippen LogP contribution in [0.5, 0.6) is 11.5 Å². The van der Waals surface area contributed by atoms with E-state index >= 15 is 4.57 Å². The molecule has 6 aliphatic rings. The van der Waals surface area contributed by atoms with Gasteiger partial charge in [-0.05, 0) is 168 Å². The molecule has 0 radical (unpaired) electrons. The first-order valence-corrected chi connectivity index (χ1v) is 53.8. The molecule has 12 heterocycles. The Kier molecular flexibility index (Phi) is 17.1. The van der Waals surface area contributed by atoms with Crippen LogP contribution in [0.1, 0.15) is 66.8 Å². The van der Waals surface area contributed by atoms with E-state index in [-0.39, 0.29) is 0 Å². The lowest BCUT2D eigenvalue weighted by Gasteiger charge is -2.47. The molecule has 0 bridgehead atoms. The molecule has 145 heavy (non-hydrogen) atoms. The van der Waals surface area contributed by atoms with Crippen molar-refractivity contribution in [3.8, 4) is 61.9 Å². The molecule has 4 atom stereocenters. The molecule has 34 rings (SSSR count). The maximum Gasteiger partial charge on any atom is 0.171 e. The number of hydrogen-bond donors (Lipinski definition) is 0. The molecule has 22 aromatic carbocycles. The minimum atomic E-state index is -3.41. The van der Waals surface area contributed by atoms with Gasteiger partial charge in [-0.2, -0.15) is 0 Å². The highest BCUT2D eigenvalue weighted by Gasteiger charge is 2.57. The van der Waals surface area contributed by atoms with Crippen LogP contribution in [0.3, 0.4) is 0 Å². The molecule has 6 nitrogen and oxygen atoms in total. The average Bonchev–Trinajstić information content (AvgIpc) is 1.63. The van der Waals surface area contributed by atoms with Crippen molar-refractivity contribution in [2.24, 2.45) is 0 Å². The first-order chi connectivity index (χ1) is 71.8. The molecule has 10 heteroatoms. The number of furan rings is 1. The number of para-hydroxylation sites is 12. The van der Waals surface area contributed by atoms with Gasteiger partial charge in [0.05, 0.1) is 66.4 Å². The lowest BCUT2D eigenvalue weighted by Crippen LogP contribution is -2.48. The van der Waals surface area contributed by atoms with Crippen LogP contribution in [0.15, 0.2) is 500 Å². The molecule has 0 saturated carbocycles. The molecule has 6 aromatic heterocycles. The zero-order valence-electron chi connectivity index (χ0n) is 77.9. The third-order valence-corrected chi connectivity index (χ3v) is 39.1. The summed E-state index contributed by atoms with van der Waals surface area (Å²) in [5.41, 5.74) is 32.8. The highest BCUT2D eigenvalue weighted by molar-refractivity contribution is 7.99. The first-order valence-electron chi connectivity index (χ1n) is 49.7. The van der Waals surface area contributed by atoms with Gasteiger partial charge in [0.2, 0.25) is 0 Å². The van der Waals surface area contributed by atoms with Crippen molar-refractivity contribution in [3.05, 3.63) is 552 Å². The number of rotatable bonds is 4. The Morgan fingerprint density at radius 1 is 0.234 bits per heavy atom. The molecule has 676 valence electrons. The van der Waals surface area contributed by atoms with Gasteiger partial charge >= 0.3 is 0 Å². The van der Waals surface area contributed by atoms with Crippen LogP contribution in [-0.2, 0) is 20.8 Å². The summed E-state index contributed by atoms with van der Waals surface area (Å²) < 4.78 is 42.8. The van der Waals surface area contributed by atoms with Crippen LogP contribution >= 0.6 is 41.6 Å². The predicted molar refractivity (Wildman–Crippen MR) is 604 cm³/mol. The van der Waals surface area contributed by atoms with Crippen molar-refractivity contribution in [1.82, 2.24) is 13.7 Å². The number of benzene rings is 22. The fourth-order valence-electron chi connectivity index (χ4n) is 26.7. The fraction of sp³-hybridized carbons (Fsp3) is 0.0222. The van der Waals surface area contributed by atoms with Gasteiger partial charge in [-0.1, -0.05) is 412 Å². The third kappa shape index (κ3) is 10.8. The molecule has 28 aromatic rings. The second-order valence-electron chi connectivity index (χ2n) is 39.1. The molecular formula is C135H80N3O3PS3. The van der Waals surface area contributed by atoms with E-state index in [0.29, 0.717) is 0 Å². The fourth-order valence-corrected chi connectivity index (χ4v) is 33.6. The summed E-state index contributed by atoms with van der Waals surface area (Å²) in [6, 6.07) is 177. The number of aromatic nitrogens is 3. The van der Waals surface area contributed by atoms with Crippen molar-refractivity contribution in [2.45, 2.75) is 26.0 Å². The maximum atomic E-state index is 16.6. The van der Waals surface area contributed by atoms with Crippen LogP contribution in [0.25, 0.3) is 178 Å². The Bertz CT molecular complexity index is 10200. The summed E-state index contributed by atoms with van der Waals surface area (Å²) >= 11 is 5.69. The SMILES string of the molecule is O=P1(c2ccccc2)c2ccccc2C2(c3ccccc3-n3c4ccccc4c4cccc2c43)c2ccc(-c3cccc4c3oc3ccccc34)cc21.c1ccc2c(c1)Oc1cc(-c3cccc4c3sc3ccccc34)ccc1C21c2ccccc2-n2c3ccccc3c3cccc1c32.c1ccc2c(c1)Sc1cc(-c3cccc4c3sc3ccccc34)ccc1C21c2ccccc2-n2c3ccccc3c3cccc1c32. The summed E-state index contributed by atoms with van der Waals surface area (Å²) in [5, 5.41) is 17.7. The molecule has 0 amide bonds. The van der Waals surface area contributed by atoms with Gasteiger partial charge in [0.1, 0.15) is 22.7 Å². The molecule has 0 saturated heterocycles. The average molecular weight is 1920 g/mol. The smallest absolute Gasteiger partial charge is 0.171 e. The topological polar surface area (TPSA) is 54.2 Å². The Morgan fingerprint density at radius 3 is 1.18 bits per heavy atom. The highest BCUT2D eigenvalue weighted by atomic mass is 32.2. The maximum absolute atomic E-state index is 16.6. The van der Waals surface area contributed by atoms with Crippen LogP contribution in [0.4, 0.5) is 0 Å². The van der Waals surface area contributed by atoms with Gasteiger partial charge in [-0.25, -0.2) is 0 Å². The Labute approximate surface area is 845 Å². The van der Waals surface area contributed by atoms with E-state index in [1.807, 2.05) is 76.9 Å². The van der Waals surface area contributed by atoms with E-state index in [1.165, 1.54) is 205 Å². The second-order valence-corrected chi connectivity index (χ2v) is 45.0. The van der Waals surface area contributed by atoms with Gasteiger partial charge in [0, 0.05) is 126 Å². The van der Waals surface area contributed by atoms with Crippen molar-refractivity contribution in [1.29, 1.82) is 0 Å². The zero-order chi connectivity index (χ0) is 94.9. The zero-order valence-corrected chi connectivity index (χ0v) is 81.3. The van der Waals surface area contributed by atoms with Crippen molar-refractivity contribution in [2.75, 3.05) is 0 Å². The summed E-state index contributed by atoms with van der Waals surface area (Å²) in [4.78, 5) is 2.65. The summed E-state index contributed by atoms with van der Waals surface area (Å²) in [7, 11) is -3.41. The van der Waals surface area contributed by atoms with Crippen molar-refractivity contribution in [3.63, 3.8) is 0 Å². The van der Waals surface area contributed by atoms with E-state index in [0.717, 1.165) is 77.3 Å². The number of hydrogen-bond acceptors (Lipinski definition) is 6. The van der Waals surface area contributed by atoms with Crippen LogP contribution in [0.2, 0.25) is 0 Å². The van der Waals surface area contributed by atoms with Gasteiger partial charge in [-0.15, -0.1) is 22.7 Å². The summed E-state index contributed by atoms with van der Waals surface area (Å²) in [6.45, 7) is 0. The quantitative estimate of drug-likeness (QED) is 0.165. The standard InChI is InChI=1S/C49H30NO2P.C43H25NOS.C43H25NS2/c51-53(32-14-2-1-3-15-32)45-27-11-7-22-39(45)49(38-21-6-9-25-43(38)50-42-24-8-4-16-34(42)36-19-13-23-41(49)47(36)50)40-29-28-31(30-46(40)53)33-18-12-20-37-35-17-5-10-26-44(35)52-48(33)37;1-5-19-36-28(11-1)30-14-10-18-35-41(30)44(36)37-20-6-3-16-32(37)43(35)33-17-4-7-21-38(33)45-39-25-26(23-24-34(39)43)27-13-9-15-31-29-12-2-8-22-40(29)46-42(27)31;1-5-19-36-28(11-1)30-14-10-18-35-41(30)44(36)37-20-6-3-16-32(37)43(35)33-17-4-8-22-39(33)45-40-25-26(23-24-34(40)43)27-13-9-15-31-29-12-2-7-21-38(29)46-42(27)31/h1-30H;2*1-25H. The third-order valence-electron chi connectivity index (χ3n) is 32.4. The predicted octanol–water partition coefficient (Wildman–Crippen LogP) is 34.6. The number of fused-ring (bicyclic) bond motifs is 42. The summed E-state index contributed by atoms with van der Waals surface area (Å²) in [5.74, 6) is 1.81. The first kappa shape index (κ1) is 81.5. The van der Waals surface area contributed by atoms with E-state index in [4.69, 9.17) is 9.15 Å². The lowest BCUT2D eigenvalue weighted by atomic mass is 9.61. The van der Waals surface area contributed by atoms with Gasteiger partial charge in [0.25, 0.3) is 0 Å². The van der Waals surface area contributed by atoms with Crippen LogP contribution < -0.4 is 20.7 Å². The largest absolute Gasteiger partial charge is 0.457 e. The minimum Gasteiger partial charge on any atom is -0.457 e. The Balaban J connectivity index is 0.0000000974. The monoisotopic (exact) mass is 1920 g/mol.